The van der Waals surface area contributed by atoms with Gasteiger partial charge in [0.1, 0.15) is 5.82 Å². The maximum absolute atomic E-state index is 12.9. The zero-order chi connectivity index (χ0) is 10.8. The lowest BCUT2D eigenvalue weighted by Crippen LogP contribution is -2.00. The molecular formula is C12H13BrClF. The highest BCUT2D eigenvalue weighted by atomic mass is 79.9. The van der Waals surface area contributed by atoms with Gasteiger partial charge >= 0.3 is 0 Å². The lowest BCUT2D eigenvalue weighted by Gasteiger charge is -2.09. The zero-order valence-electron chi connectivity index (χ0n) is 8.35. The predicted octanol–water partition coefficient (Wildman–Crippen LogP) is 4.59. The molecule has 0 heterocycles. The Bertz CT molecular complexity index is 353. The molecule has 3 heteroatoms. The van der Waals surface area contributed by atoms with Gasteiger partial charge in [-0.2, -0.15) is 0 Å². The van der Waals surface area contributed by atoms with Crippen LogP contribution in [-0.2, 0) is 6.42 Å². The SMILES string of the molecule is Fc1ccc(CC2CCC(Br)C2)cc1Cl. The second-order valence-corrected chi connectivity index (χ2v) is 5.93. The normalized spacial score (nSPS) is 25.8. The molecule has 1 fully saturated rings. The summed E-state index contributed by atoms with van der Waals surface area (Å²) in [6.45, 7) is 0. The molecule has 0 N–H and O–H groups in total. The van der Waals surface area contributed by atoms with E-state index in [4.69, 9.17) is 11.6 Å². The minimum absolute atomic E-state index is 0.237. The number of benzene rings is 1. The van der Waals surface area contributed by atoms with Crippen molar-refractivity contribution < 1.29 is 4.39 Å². The smallest absolute Gasteiger partial charge is 0.141 e. The fourth-order valence-electron chi connectivity index (χ4n) is 2.20. The van der Waals surface area contributed by atoms with Gasteiger partial charge in [0.15, 0.2) is 0 Å². The van der Waals surface area contributed by atoms with Crippen LogP contribution in [0.1, 0.15) is 24.8 Å². The first-order valence-electron chi connectivity index (χ1n) is 5.23. The number of hydrogen-bond donors (Lipinski definition) is 0. The lowest BCUT2D eigenvalue weighted by atomic mass is 9.98. The molecule has 82 valence electrons. The van der Waals surface area contributed by atoms with E-state index in [0.29, 0.717) is 4.83 Å². The van der Waals surface area contributed by atoms with Crippen molar-refractivity contribution in [3.8, 4) is 0 Å². The van der Waals surface area contributed by atoms with Crippen LogP contribution in [-0.4, -0.2) is 4.83 Å². The van der Waals surface area contributed by atoms with Crippen molar-refractivity contribution in [2.75, 3.05) is 0 Å². The Morgan fingerprint density at radius 3 is 2.80 bits per heavy atom. The molecule has 0 aliphatic heterocycles. The average molecular weight is 292 g/mol. The Morgan fingerprint density at radius 1 is 1.40 bits per heavy atom. The molecule has 1 saturated carbocycles. The monoisotopic (exact) mass is 290 g/mol. The standard InChI is InChI=1S/C12H13BrClF/c13-10-3-1-8(6-10)5-9-2-4-12(15)11(14)7-9/h2,4,7-8,10H,1,3,5-6H2. The van der Waals surface area contributed by atoms with Gasteiger partial charge in [-0.25, -0.2) is 4.39 Å². The molecule has 1 aliphatic rings. The molecule has 1 aromatic carbocycles. The van der Waals surface area contributed by atoms with E-state index in [2.05, 4.69) is 15.9 Å². The summed E-state index contributed by atoms with van der Waals surface area (Å²) in [5, 5.41) is 0.237. The van der Waals surface area contributed by atoms with Gasteiger partial charge in [-0.05, 0) is 49.3 Å². The van der Waals surface area contributed by atoms with Crippen molar-refractivity contribution >= 4 is 27.5 Å². The van der Waals surface area contributed by atoms with Gasteiger partial charge in [0.2, 0.25) is 0 Å². The highest BCUT2D eigenvalue weighted by molar-refractivity contribution is 9.09. The van der Waals surface area contributed by atoms with Gasteiger partial charge in [-0.1, -0.05) is 33.6 Å². The molecular weight excluding hydrogens is 278 g/mol. The first kappa shape index (κ1) is 11.4. The van der Waals surface area contributed by atoms with Crippen LogP contribution in [0.5, 0.6) is 0 Å². The molecule has 0 spiro atoms. The maximum atomic E-state index is 12.9. The van der Waals surface area contributed by atoms with Gasteiger partial charge < -0.3 is 0 Å². The first-order valence-corrected chi connectivity index (χ1v) is 6.52. The quantitative estimate of drug-likeness (QED) is 0.699. The van der Waals surface area contributed by atoms with E-state index in [1.54, 1.807) is 6.07 Å². The van der Waals surface area contributed by atoms with Crippen molar-refractivity contribution in [2.24, 2.45) is 5.92 Å². The fourth-order valence-corrected chi connectivity index (χ4v) is 3.20. The highest BCUT2D eigenvalue weighted by Gasteiger charge is 2.22. The number of alkyl halides is 1. The summed E-state index contributed by atoms with van der Waals surface area (Å²) in [6.07, 6.45) is 4.74. The molecule has 0 nitrogen and oxygen atoms in total. The van der Waals surface area contributed by atoms with Crippen LogP contribution in [0.3, 0.4) is 0 Å². The molecule has 0 aromatic heterocycles. The third-order valence-corrected chi connectivity index (χ3v) is 4.11. The Morgan fingerprint density at radius 2 is 2.20 bits per heavy atom. The second kappa shape index (κ2) is 4.84. The van der Waals surface area contributed by atoms with Crippen molar-refractivity contribution in [1.82, 2.24) is 0 Å². The summed E-state index contributed by atoms with van der Waals surface area (Å²) < 4.78 is 12.9. The Balaban J connectivity index is 2.02. The molecule has 0 radical (unpaired) electrons. The minimum atomic E-state index is -0.329. The third-order valence-electron chi connectivity index (χ3n) is 2.99. The van der Waals surface area contributed by atoms with Crippen LogP contribution < -0.4 is 0 Å². The topological polar surface area (TPSA) is 0 Å². The van der Waals surface area contributed by atoms with E-state index in [-0.39, 0.29) is 10.8 Å². The van der Waals surface area contributed by atoms with Crippen molar-refractivity contribution in [3.63, 3.8) is 0 Å². The Labute approximate surface area is 103 Å². The van der Waals surface area contributed by atoms with Crippen LogP contribution in [0.25, 0.3) is 0 Å². The summed E-state index contributed by atoms with van der Waals surface area (Å²) in [6, 6.07) is 5.04. The predicted molar refractivity (Wildman–Crippen MR) is 65.2 cm³/mol. The third kappa shape index (κ3) is 2.94. The number of hydrogen-bond acceptors (Lipinski definition) is 0. The van der Waals surface area contributed by atoms with Crippen LogP contribution in [0.15, 0.2) is 18.2 Å². The molecule has 1 aliphatic carbocycles. The summed E-state index contributed by atoms with van der Waals surface area (Å²) in [4.78, 5) is 0.665. The molecule has 15 heavy (non-hydrogen) atoms. The highest BCUT2D eigenvalue weighted by Crippen LogP contribution is 2.33. The summed E-state index contributed by atoms with van der Waals surface area (Å²) in [5.41, 5.74) is 1.15. The van der Waals surface area contributed by atoms with E-state index < -0.39 is 0 Å². The molecule has 2 rings (SSSR count). The van der Waals surface area contributed by atoms with Crippen molar-refractivity contribution in [2.45, 2.75) is 30.5 Å². The summed E-state index contributed by atoms with van der Waals surface area (Å²) in [5.74, 6) is 0.390. The van der Waals surface area contributed by atoms with E-state index in [1.165, 1.54) is 25.3 Å². The molecule has 0 saturated heterocycles. The molecule has 2 unspecified atom stereocenters. The van der Waals surface area contributed by atoms with Gasteiger partial charge in [-0.3, -0.25) is 0 Å². The van der Waals surface area contributed by atoms with Crippen LogP contribution in [0.2, 0.25) is 5.02 Å². The van der Waals surface area contributed by atoms with Crippen LogP contribution >= 0.6 is 27.5 Å². The van der Waals surface area contributed by atoms with Crippen LogP contribution in [0.4, 0.5) is 4.39 Å². The lowest BCUT2D eigenvalue weighted by molar-refractivity contribution is 0.547. The minimum Gasteiger partial charge on any atom is -0.205 e. The van der Waals surface area contributed by atoms with Crippen LogP contribution in [0, 0.1) is 11.7 Å². The first-order chi connectivity index (χ1) is 7.15. The summed E-state index contributed by atoms with van der Waals surface area (Å²) >= 11 is 9.38. The average Bonchev–Trinajstić information content (AvgIpc) is 2.58. The van der Waals surface area contributed by atoms with Gasteiger partial charge in [0.05, 0.1) is 5.02 Å². The van der Waals surface area contributed by atoms with Gasteiger partial charge in [0.25, 0.3) is 0 Å². The van der Waals surface area contributed by atoms with Gasteiger partial charge in [0, 0.05) is 4.83 Å². The van der Waals surface area contributed by atoms with Crippen molar-refractivity contribution in [3.05, 3.63) is 34.6 Å². The molecule has 0 bridgehead atoms. The van der Waals surface area contributed by atoms with E-state index in [1.807, 2.05) is 6.07 Å². The van der Waals surface area contributed by atoms with Gasteiger partial charge in [-0.15, -0.1) is 0 Å². The Hall–Kier alpha value is -0.0800. The fraction of sp³-hybridized carbons (Fsp3) is 0.500. The van der Waals surface area contributed by atoms with E-state index >= 15 is 0 Å². The number of halogens is 3. The summed E-state index contributed by atoms with van der Waals surface area (Å²) in [7, 11) is 0. The zero-order valence-corrected chi connectivity index (χ0v) is 10.7. The largest absolute Gasteiger partial charge is 0.205 e. The molecule has 2 atom stereocenters. The van der Waals surface area contributed by atoms with Crippen molar-refractivity contribution in [1.29, 1.82) is 0 Å². The molecule has 0 amide bonds. The number of rotatable bonds is 2. The molecule has 1 aromatic rings. The van der Waals surface area contributed by atoms with E-state index in [0.717, 1.165) is 17.9 Å². The Kier molecular flexibility index (Phi) is 3.68. The van der Waals surface area contributed by atoms with E-state index in [9.17, 15) is 4.39 Å². The maximum Gasteiger partial charge on any atom is 0.141 e. The second-order valence-electron chi connectivity index (χ2n) is 4.23.